The summed E-state index contributed by atoms with van der Waals surface area (Å²) in [6.45, 7) is 14.2. The second-order valence-electron chi connectivity index (χ2n) is 5.86. The Balaban J connectivity index is 2.64. The zero-order valence-corrected chi connectivity index (χ0v) is 13.5. The van der Waals surface area contributed by atoms with Crippen LogP contribution in [-0.2, 0) is 13.1 Å². The molecule has 0 aromatic carbocycles. The molecule has 0 spiro atoms. The summed E-state index contributed by atoms with van der Waals surface area (Å²) in [6, 6.07) is 0. The lowest BCUT2D eigenvalue weighted by atomic mass is 10.2. The van der Waals surface area contributed by atoms with Crippen molar-refractivity contribution in [3.05, 3.63) is 18.2 Å². The summed E-state index contributed by atoms with van der Waals surface area (Å²) in [6.07, 6.45) is 3.88. The van der Waals surface area contributed by atoms with Crippen molar-refractivity contribution in [3.63, 3.8) is 0 Å². The van der Waals surface area contributed by atoms with Gasteiger partial charge in [0.25, 0.3) is 0 Å². The van der Waals surface area contributed by atoms with E-state index in [4.69, 9.17) is 0 Å². The molecule has 1 rings (SSSR count). The highest BCUT2D eigenvalue weighted by Gasteiger charge is 2.05. The first-order valence-corrected chi connectivity index (χ1v) is 7.55. The molecule has 0 atom stereocenters. The van der Waals surface area contributed by atoms with Gasteiger partial charge in [-0.1, -0.05) is 27.7 Å². The quantitative estimate of drug-likeness (QED) is 0.594. The molecule has 5 heteroatoms. The summed E-state index contributed by atoms with van der Waals surface area (Å²) in [7, 11) is 0. The molecule has 0 aliphatic heterocycles. The molecule has 0 aliphatic carbocycles. The van der Waals surface area contributed by atoms with Gasteiger partial charge in [0, 0.05) is 32.0 Å². The van der Waals surface area contributed by atoms with E-state index in [1.54, 1.807) is 0 Å². The minimum absolute atomic E-state index is 0.599. The van der Waals surface area contributed by atoms with Crippen molar-refractivity contribution >= 4 is 5.96 Å². The summed E-state index contributed by atoms with van der Waals surface area (Å²) < 4.78 is 2.18. The van der Waals surface area contributed by atoms with Gasteiger partial charge in [0.2, 0.25) is 0 Å². The highest BCUT2D eigenvalue weighted by Crippen LogP contribution is 2.04. The van der Waals surface area contributed by atoms with Crippen molar-refractivity contribution in [3.8, 4) is 0 Å². The number of nitrogens with zero attached hydrogens (tertiary/aromatic N) is 3. The predicted octanol–water partition coefficient (Wildman–Crippen LogP) is 2.25. The van der Waals surface area contributed by atoms with Gasteiger partial charge in [0.15, 0.2) is 5.96 Å². The third kappa shape index (κ3) is 6.08. The molecule has 1 aromatic rings. The van der Waals surface area contributed by atoms with Crippen molar-refractivity contribution in [2.75, 3.05) is 13.1 Å². The molecule has 114 valence electrons. The first kappa shape index (κ1) is 16.5. The normalized spacial score (nSPS) is 12.2. The van der Waals surface area contributed by atoms with Gasteiger partial charge in [0.1, 0.15) is 12.4 Å². The average molecular weight is 279 g/mol. The fraction of sp³-hybridized carbons (Fsp3) is 0.733. The van der Waals surface area contributed by atoms with Crippen LogP contribution in [0.1, 0.15) is 40.4 Å². The maximum Gasteiger partial charge on any atom is 0.191 e. The molecule has 0 unspecified atom stereocenters. The number of rotatable bonds is 7. The molecule has 1 aromatic heterocycles. The summed E-state index contributed by atoms with van der Waals surface area (Å²) >= 11 is 0. The van der Waals surface area contributed by atoms with Crippen LogP contribution < -0.4 is 10.6 Å². The molecule has 0 radical (unpaired) electrons. The van der Waals surface area contributed by atoms with E-state index in [-0.39, 0.29) is 0 Å². The Morgan fingerprint density at radius 3 is 2.60 bits per heavy atom. The van der Waals surface area contributed by atoms with E-state index >= 15 is 0 Å². The van der Waals surface area contributed by atoms with E-state index in [1.807, 2.05) is 12.4 Å². The second-order valence-corrected chi connectivity index (χ2v) is 5.86. The molecule has 0 aliphatic rings. The predicted molar refractivity (Wildman–Crippen MR) is 84.7 cm³/mol. The fourth-order valence-corrected chi connectivity index (χ4v) is 1.84. The molecule has 2 N–H and O–H groups in total. The van der Waals surface area contributed by atoms with Crippen LogP contribution in [0.25, 0.3) is 0 Å². The van der Waals surface area contributed by atoms with Crippen LogP contribution in [-0.4, -0.2) is 28.6 Å². The van der Waals surface area contributed by atoms with E-state index in [2.05, 4.69) is 59.8 Å². The molecule has 0 saturated carbocycles. The third-order valence-electron chi connectivity index (χ3n) is 2.76. The van der Waals surface area contributed by atoms with Gasteiger partial charge in [-0.2, -0.15) is 0 Å². The maximum atomic E-state index is 4.61. The summed E-state index contributed by atoms with van der Waals surface area (Å²) in [5, 5.41) is 6.61. The Bertz CT molecular complexity index is 406. The molecule has 0 amide bonds. The van der Waals surface area contributed by atoms with Gasteiger partial charge in [-0.25, -0.2) is 9.98 Å². The second kappa shape index (κ2) is 8.61. The largest absolute Gasteiger partial charge is 0.357 e. The van der Waals surface area contributed by atoms with Crippen molar-refractivity contribution in [1.29, 1.82) is 0 Å². The molecule has 20 heavy (non-hydrogen) atoms. The Morgan fingerprint density at radius 1 is 1.25 bits per heavy atom. The molecule has 5 nitrogen and oxygen atoms in total. The van der Waals surface area contributed by atoms with E-state index < -0.39 is 0 Å². The van der Waals surface area contributed by atoms with Crippen molar-refractivity contribution in [2.24, 2.45) is 16.8 Å². The summed E-state index contributed by atoms with van der Waals surface area (Å²) in [5.74, 6) is 3.08. The molecule has 0 bridgehead atoms. The van der Waals surface area contributed by atoms with E-state index in [9.17, 15) is 0 Å². The highest BCUT2D eigenvalue weighted by molar-refractivity contribution is 5.79. The third-order valence-corrected chi connectivity index (χ3v) is 2.76. The monoisotopic (exact) mass is 279 g/mol. The van der Waals surface area contributed by atoms with Crippen LogP contribution in [0.5, 0.6) is 0 Å². The molecule has 1 heterocycles. The van der Waals surface area contributed by atoms with Gasteiger partial charge in [0.05, 0.1) is 0 Å². The van der Waals surface area contributed by atoms with Crippen LogP contribution in [0.3, 0.4) is 0 Å². The zero-order valence-electron chi connectivity index (χ0n) is 13.5. The molecule has 0 fully saturated rings. The van der Waals surface area contributed by atoms with Crippen molar-refractivity contribution < 1.29 is 0 Å². The highest BCUT2D eigenvalue weighted by atomic mass is 15.2. The van der Waals surface area contributed by atoms with E-state index in [0.717, 1.165) is 31.4 Å². The van der Waals surface area contributed by atoms with Crippen LogP contribution in [0, 0.1) is 11.8 Å². The number of imidazole rings is 1. The Labute approximate surface area is 122 Å². The Hall–Kier alpha value is -1.52. The minimum atomic E-state index is 0.599. The SMILES string of the molecule is CCNC(=NCc1nccn1CC(C)C)NCC(C)C. The van der Waals surface area contributed by atoms with Crippen molar-refractivity contribution in [1.82, 2.24) is 20.2 Å². The Morgan fingerprint density at radius 2 is 2.00 bits per heavy atom. The minimum Gasteiger partial charge on any atom is -0.357 e. The lowest BCUT2D eigenvalue weighted by Crippen LogP contribution is -2.39. The van der Waals surface area contributed by atoms with Gasteiger partial charge in [-0.15, -0.1) is 0 Å². The number of hydrogen-bond acceptors (Lipinski definition) is 2. The topological polar surface area (TPSA) is 54.2 Å². The first-order valence-electron chi connectivity index (χ1n) is 7.55. The smallest absolute Gasteiger partial charge is 0.191 e. The van der Waals surface area contributed by atoms with Crippen LogP contribution in [0.4, 0.5) is 0 Å². The van der Waals surface area contributed by atoms with Crippen LogP contribution in [0.15, 0.2) is 17.4 Å². The molecular formula is C15H29N5. The van der Waals surface area contributed by atoms with Gasteiger partial charge in [-0.05, 0) is 18.8 Å². The number of nitrogens with one attached hydrogen (secondary N) is 2. The average Bonchev–Trinajstić information content (AvgIpc) is 2.79. The van der Waals surface area contributed by atoms with E-state index in [0.29, 0.717) is 18.4 Å². The molecule has 0 saturated heterocycles. The lowest BCUT2D eigenvalue weighted by molar-refractivity contribution is 0.507. The summed E-state index contributed by atoms with van der Waals surface area (Å²) in [5.41, 5.74) is 0. The standard InChI is InChI=1S/C15H29N5/c1-6-16-15(18-9-12(2)3)19-10-14-17-7-8-20(14)11-13(4)5/h7-8,12-13H,6,9-11H2,1-5H3,(H2,16,18,19). The zero-order chi connectivity index (χ0) is 15.0. The van der Waals surface area contributed by atoms with E-state index in [1.165, 1.54) is 0 Å². The van der Waals surface area contributed by atoms with Gasteiger partial charge >= 0.3 is 0 Å². The number of aromatic nitrogens is 2. The lowest BCUT2D eigenvalue weighted by Gasteiger charge is -2.13. The first-order chi connectivity index (χ1) is 9.52. The van der Waals surface area contributed by atoms with Gasteiger partial charge < -0.3 is 15.2 Å². The van der Waals surface area contributed by atoms with Crippen LogP contribution in [0.2, 0.25) is 0 Å². The summed E-state index contributed by atoms with van der Waals surface area (Å²) in [4.78, 5) is 9.00. The van der Waals surface area contributed by atoms with Crippen LogP contribution >= 0.6 is 0 Å². The number of hydrogen-bond donors (Lipinski definition) is 2. The number of guanidine groups is 1. The van der Waals surface area contributed by atoms with Gasteiger partial charge in [-0.3, -0.25) is 0 Å². The van der Waals surface area contributed by atoms with Crippen molar-refractivity contribution in [2.45, 2.75) is 47.7 Å². The number of aliphatic imine (C=N–C) groups is 1. The molecular weight excluding hydrogens is 250 g/mol. The maximum absolute atomic E-state index is 4.61. The fourth-order valence-electron chi connectivity index (χ4n) is 1.84. The Kier molecular flexibility index (Phi) is 7.12.